The molecule has 3 atom stereocenters. The Bertz CT molecular complexity index is 317. The molecule has 0 saturated carbocycles. The van der Waals surface area contributed by atoms with Gasteiger partial charge in [-0.1, -0.05) is 44.2 Å². The molecular weight excluding hydrogens is 222 g/mol. The predicted octanol–water partition coefficient (Wildman–Crippen LogP) is 3.61. The van der Waals surface area contributed by atoms with Crippen molar-refractivity contribution in [1.29, 1.82) is 0 Å². The van der Waals surface area contributed by atoms with E-state index >= 15 is 0 Å². The van der Waals surface area contributed by atoms with Crippen molar-refractivity contribution in [2.24, 2.45) is 0 Å². The lowest BCUT2D eigenvalue weighted by Crippen LogP contribution is -2.29. The van der Waals surface area contributed by atoms with Crippen LogP contribution < -0.4 is 5.32 Å². The number of hydrogen-bond acceptors (Lipinski definition) is 2. The summed E-state index contributed by atoms with van der Waals surface area (Å²) in [6.07, 6.45) is 14.1. The summed E-state index contributed by atoms with van der Waals surface area (Å²) in [7, 11) is 0. The van der Waals surface area contributed by atoms with Crippen molar-refractivity contribution < 1.29 is 4.74 Å². The SMILES string of the molecule is CC.CC(NCCC1OC1C)C1=CC=CCC=C1. The van der Waals surface area contributed by atoms with Crippen LogP contribution >= 0.6 is 0 Å². The van der Waals surface area contributed by atoms with E-state index in [9.17, 15) is 0 Å². The molecule has 3 unspecified atom stereocenters. The molecule has 1 aliphatic carbocycles. The fraction of sp³-hybridized carbons (Fsp3) is 0.625. The summed E-state index contributed by atoms with van der Waals surface area (Å²) in [5.74, 6) is 0. The molecule has 2 aliphatic rings. The second-order valence-corrected chi connectivity index (χ2v) is 4.58. The van der Waals surface area contributed by atoms with Gasteiger partial charge in [-0.25, -0.2) is 0 Å². The first-order chi connectivity index (χ1) is 8.77. The molecule has 1 fully saturated rings. The van der Waals surface area contributed by atoms with Crippen molar-refractivity contribution >= 4 is 0 Å². The summed E-state index contributed by atoms with van der Waals surface area (Å²) >= 11 is 0. The molecule has 1 saturated heterocycles. The first-order valence-corrected chi connectivity index (χ1v) is 7.19. The minimum absolute atomic E-state index is 0.424. The minimum atomic E-state index is 0.424. The normalized spacial score (nSPS) is 26.8. The zero-order chi connectivity index (χ0) is 13.4. The number of rotatable bonds is 5. The van der Waals surface area contributed by atoms with E-state index in [0.717, 1.165) is 19.4 Å². The first kappa shape index (κ1) is 15.2. The van der Waals surface area contributed by atoms with Gasteiger partial charge in [0.25, 0.3) is 0 Å². The van der Waals surface area contributed by atoms with E-state index in [0.29, 0.717) is 18.2 Å². The van der Waals surface area contributed by atoms with Gasteiger partial charge in [0, 0.05) is 6.04 Å². The second-order valence-electron chi connectivity index (χ2n) is 4.58. The lowest BCUT2D eigenvalue weighted by molar-refractivity contribution is 0.366. The Morgan fingerprint density at radius 2 is 2.11 bits per heavy atom. The zero-order valence-electron chi connectivity index (χ0n) is 12.1. The van der Waals surface area contributed by atoms with Crippen LogP contribution in [0.25, 0.3) is 0 Å². The van der Waals surface area contributed by atoms with E-state index in [1.165, 1.54) is 5.57 Å². The van der Waals surface area contributed by atoms with Crippen molar-refractivity contribution in [2.75, 3.05) is 6.54 Å². The molecule has 102 valence electrons. The van der Waals surface area contributed by atoms with Crippen molar-refractivity contribution in [3.05, 3.63) is 36.0 Å². The summed E-state index contributed by atoms with van der Waals surface area (Å²) in [5.41, 5.74) is 1.36. The van der Waals surface area contributed by atoms with Crippen LogP contribution in [0.4, 0.5) is 0 Å². The summed E-state index contributed by atoms with van der Waals surface area (Å²) < 4.78 is 5.38. The van der Waals surface area contributed by atoms with E-state index in [1.807, 2.05) is 13.8 Å². The molecule has 0 aromatic rings. The highest BCUT2D eigenvalue weighted by Gasteiger charge is 2.33. The van der Waals surface area contributed by atoms with E-state index < -0.39 is 0 Å². The van der Waals surface area contributed by atoms with Gasteiger partial charge in [0.15, 0.2) is 0 Å². The van der Waals surface area contributed by atoms with Gasteiger partial charge in [-0.05, 0) is 38.8 Å². The molecule has 0 amide bonds. The van der Waals surface area contributed by atoms with Gasteiger partial charge in [-0.15, -0.1) is 0 Å². The molecule has 0 aromatic heterocycles. The summed E-state index contributed by atoms with van der Waals surface area (Å²) in [4.78, 5) is 0. The maximum Gasteiger partial charge on any atom is 0.0851 e. The molecule has 1 N–H and O–H groups in total. The average molecular weight is 249 g/mol. The third kappa shape index (κ3) is 5.19. The van der Waals surface area contributed by atoms with Gasteiger partial charge in [0.1, 0.15) is 0 Å². The lowest BCUT2D eigenvalue weighted by Gasteiger charge is -2.14. The van der Waals surface area contributed by atoms with E-state index in [1.54, 1.807) is 0 Å². The highest BCUT2D eigenvalue weighted by Crippen LogP contribution is 2.23. The molecule has 0 aromatic carbocycles. The van der Waals surface area contributed by atoms with Crippen molar-refractivity contribution in [3.8, 4) is 0 Å². The average Bonchev–Trinajstić information content (AvgIpc) is 3.14. The first-order valence-electron chi connectivity index (χ1n) is 7.19. The topological polar surface area (TPSA) is 24.6 Å². The highest BCUT2D eigenvalue weighted by atomic mass is 16.6. The number of ether oxygens (including phenoxy) is 1. The van der Waals surface area contributed by atoms with Crippen LogP contribution in [0.1, 0.15) is 40.5 Å². The van der Waals surface area contributed by atoms with Crippen molar-refractivity contribution in [1.82, 2.24) is 5.32 Å². The Balaban J connectivity index is 0.000000771. The lowest BCUT2D eigenvalue weighted by atomic mass is 10.1. The van der Waals surface area contributed by atoms with Crippen molar-refractivity contribution in [3.63, 3.8) is 0 Å². The Morgan fingerprint density at radius 1 is 1.39 bits per heavy atom. The molecule has 18 heavy (non-hydrogen) atoms. The molecule has 1 heterocycles. The fourth-order valence-corrected chi connectivity index (χ4v) is 1.98. The zero-order valence-corrected chi connectivity index (χ0v) is 12.1. The number of nitrogens with one attached hydrogen (secondary N) is 1. The Hall–Kier alpha value is -0.860. The maximum atomic E-state index is 5.38. The quantitative estimate of drug-likeness (QED) is 0.753. The third-order valence-electron chi connectivity index (χ3n) is 3.22. The van der Waals surface area contributed by atoms with Gasteiger partial charge in [-0.2, -0.15) is 0 Å². The molecule has 0 bridgehead atoms. The van der Waals surface area contributed by atoms with Gasteiger partial charge in [-0.3, -0.25) is 0 Å². The van der Waals surface area contributed by atoms with Gasteiger partial charge in [0.05, 0.1) is 12.2 Å². The van der Waals surface area contributed by atoms with Crippen LogP contribution in [-0.4, -0.2) is 24.8 Å². The fourth-order valence-electron chi connectivity index (χ4n) is 1.98. The number of allylic oxidation sites excluding steroid dienone is 4. The summed E-state index contributed by atoms with van der Waals surface area (Å²) in [6.45, 7) is 9.38. The van der Waals surface area contributed by atoms with E-state index in [-0.39, 0.29) is 0 Å². The van der Waals surface area contributed by atoms with Crippen LogP contribution in [-0.2, 0) is 4.74 Å². The molecule has 2 heteroatoms. The molecule has 0 radical (unpaired) electrons. The number of hydrogen-bond donors (Lipinski definition) is 1. The molecule has 0 spiro atoms. The standard InChI is InChI=1S/C14H21NO.C2H6/c1-11(13-7-5-3-4-6-8-13)15-10-9-14-12(2)16-14;1-2/h3,5-8,11-12,14-15H,4,9-10H2,1-2H3;1-2H3. The minimum Gasteiger partial charge on any atom is -0.370 e. The monoisotopic (exact) mass is 249 g/mol. The van der Waals surface area contributed by atoms with Crippen LogP contribution in [0.5, 0.6) is 0 Å². The van der Waals surface area contributed by atoms with Crippen LogP contribution in [0.3, 0.4) is 0 Å². The van der Waals surface area contributed by atoms with Gasteiger partial charge < -0.3 is 10.1 Å². The molecular formula is C16H27NO. The highest BCUT2D eigenvalue weighted by molar-refractivity contribution is 5.30. The predicted molar refractivity (Wildman–Crippen MR) is 78.7 cm³/mol. The summed E-state index contributed by atoms with van der Waals surface area (Å²) in [5, 5.41) is 3.54. The Morgan fingerprint density at radius 3 is 2.78 bits per heavy atom. The molecule has 1 aliphatic heterocycles. The number of epoxide rings is 1. The largest absolute Gasteiger partial charge is 0.370 e. The van der Waals surface area contributed by atoms with E-state index in [2.05, 4.69) is 49.5 Å². The Labute approximate surface area is 112 Å². The second kappa shape index (κ2) is 8.28. The maximum absolute atomic E-state index is 5.38. The van der Waals surface area contributed by atoms with Crippen molar-refractivity contribution in [2.45, 2.75) is 58.8 Å². The van der Waals surface area contributed by atoms with Crippen LogP contribution in [0.15, 0.2) is 36.0 Å². The third-order valence-corrected chi connectivity index (χ3v) is 3.22. The van der Waals surface area contributed by atoms with Gasteiger partial charge >= 0.3 is 0 Å². The molecule has 2 nitrogen and oxygen atoms in total. The summed E-state index contributed by atoms with van der Waals surface area (Å²) in [6, 6.07) is 0.424. The van der Waals surface area contributed by atoms with Gasteiger partial charge in [0.2, 0.25) is 0 Å². The van der Waals surface area contributed by atoms with Crippen LogP contribution in [0, 0.1) is 0 Å². The molecule has 2 rings (SSSR count). The Kier molecular flexibility index (Phi) is 6.99. The van der Waals surface area contributed by atoms with Crippen LogP contribution in [0.2, 0.25) is 0 Å². The van der Waals surface area contributed by atoms with E-state index in [4.69, 9.17) is 4.74 Å². The smallest absolute Gasteiger partial charge is 0.0851 e.